The summed E-state index contributed by atoms with van der Waals surface area (Å²) in [4.78, 5) is 0. The molecule has 0 spiro atoms. The van der Waals surface area contributed by atoms with E-state index in [1.807, 2.05) is 30.3 Å². The Balaban J connectivity index is 1.43. The van der Waals surface area contributed by atoms with Gasteiger partial charge in [-0.1, -0.05) is 30.8 Å². The average molecular weight is 271 g/mol. The van der Waals surface area contributed by atoms with Crippen molar-refractivity contribution in [3.63, 3.8) is 0 Å². The van der Waals surface area contributed by atoms with Crippen molar-refractivity contribution in [2.24, 2.45) is 5.92 Å². The van der Waals surface area contributed by atoms with Crippen molar-refractivity contribution in [2.45, 2.75) is 38.5 Å². The summed E-state index contributed by atoms with van der Waals surface area (Å²) in [5.74, 6) is 2.67. The Morgan fingerprint density at radius 2 is 1.90 bits per heavy atom. The summed E-state index contributed by atoms with van der Waals surface area (Å²) in [5.41, 5.74) is 1.03. The Hall–Kier alpha value is -1.77. The van der Waals surface area contributed by atoms with Crippen molar-refractivity contribution in [3.05, 3.63) is 36.5 Å². The van der Waals surface area contributed by atoms with Gasteiger partial charge in [0.05, 0.1) is 12.8 Å². The molecule has 1 aromatic heterocycles. The number of hydrogen-bond acceptors (Lipinski definition) is 3. The summed E-state index contributed by atoms with van der Waals surface area (Å²) in [6.07, 6.45) is 9.83. The molecular formula is C17H21NO2. The molecule has 106 valence electrons. The summed E-state index contributed by atoms with van der Waals surface area (Å²) in [6.45, 7) is 0.818. The predicted octanol–water partition coefficient (Wildman–Crippen LogP) is 4.69. The maximum atomic E-state index is 5.79. The van der Waals surface area contributed by atoms with E-state index in [9.17, 15) is 0 Å². The van der Waals surface area contributed by atoms with Crippen LogP contribution in [0.2, 0.25) is 0 Å². The minimum Gasteiger partial charge on any atom is -0.494 e. The molecule has 1 aliphatic carbocycles. The lowest BCUT2D eigenvalue weighted by atomic mass is 10.0. The predicted molar refractivity (Wildman–Crippen MR) is 78.6 cm³/mol. The highest BCUT2D eigenvalue weighted by Crippen LogP contribution is 2.28. The first-order chi connectivity index (χ1) is 9.92. The standard InChI is InChI=1S/C17H21NO2/c1-2-5-14(4-1)6-3-13-19-16-9-7-15(8-10-16)17-11-12-18-20-17/h7-12,14H,1-6,13H2. The van der Waals surface area contributed by atoms with Crippen LogP contribution in [0.4, 0.5) is 0 Å². The minimum atomic E-state index is 0.790. The Bertz CT molecular complexity index is 498. The third-order valence-electron chi connectivity index (χ3n) is 4.08. The van der Waals surface area contributed by atoms with Crippen LogP contribution in [0.3, 0.4) is 0 Å². The van der Waals surface area contributed by atoms with Gasteiger partial charge in [-0.05, 0) is 43.0 Å². The highest BCUT2D eigenvalue weighted by Gasteiger charge is 2.14. The van der Waals surface area contributed by atoms with Crippen LogP contribution in [0, 0.1) is 5.92 Å². The molecular weight excluding hydrogens is 250 g/mol. The fraction of sp³-hybridized carbons (Fsp3) is 0.471. The molecule has 0 atom stereocenters. The molecule has 0 unspecified atom stereocenters. The lowest BCUT2D eigenvalue weighted by Gasteiger charge is -2.10. The van der Waals surface area contributed by atoms with E-state index in [0.717, 1.165) is 36.0 Å². The number of benzene rings is 1. The van der Waals surface area contributed by atoms with Gasteiger partial charge in [0.1, 0.15) is 5.75 Å². The zero-order valence-corrected chi connectivity index (χ0v) is 11.8. The van der Waals surface area contributed by atoms with Crippen LogP contribution in [0.25, 0.3) is 11.3 Å². The Morgan fingerprint density at radius 3 is 2.60 bits per heavy atom. The summed E-state index contributed by atoms with van der Waals surface area (Å²) in [6, 6.07) is 9.86. The summed E-state index contributed by atoms with van der Waals surface area (Å²) < 4.78 is 10.9. The van der Waals surface area contributed by atoms with E-state index in [4.69, 9.17) is 9.26 Å². The number of nitrogens with zero attached hydrogens (tertiary/aromatic N) is 1. The van der Waals surface area contributed by atoms with Gasteiger partial charge >= 0.3 is 0 Å². The normalized spacial score (nSPS) is 15.6. The lowest BCUT2D eigenvalue weighted by molar-refractivity contribution is 0.292. The second-order valence-electron chi connectivity index (χ2n) is 5.54. The number of hydrogen-bond donors (Lipinski definition) is 0. The lowest BCUT2D eigenvalue weighted by Crippen LogP contribution is -2.01. The zero-order valence-electron chi connectivity index (χ0n) is 11.8. The van der Waals surface area contributed by atoms with Crippen molar-refractivity contribution >= 4 is 0 Å². The van der Waals surface area contributed by atoms with Crippen molar-refractivity contribution in [3.8, 4) is 17.1 Å². The summed E-state index contributed by atoms with van der Waals surface area (Å²) >= 11 is 0. The third kappa shape index (κ3) is 3.41. The molecule has 1 fully saturated rings. The van der Waals surface area contributed by atoms with Crippen LogP contribution in [-0.2, 0) is 0 Å². The van der Waals surface area contributed by atoms with Gasteiger partial charge < -0.3 is 9.26 Å². The SMILES string of the molecule is c1cc(-c2ccc(OCCCC3CCCC3)cc2)on1. The Morgan fingerprint density at radius 1 is 1.10 bits per heavy atom. The molecule has 0 bridgehead atoms. The van der Waals surface area contributed by atoms with Gasteiger partial charge in [0, 0.05) is 11.6 Å². The maximum Gasteiger partial charge on any atom is 0.166 e. The van der Waals surface area contributed by atoms with Crippen LogP contribution >= 0.6 is 0 Å². The molecule has 0 saturated heterocycles. The molecule has 3 heteroatoms. The fourth-order valence-electron chi connectivity index (χ4n) is 2.94. The van der Waals surface area contributed by atoms with E-state index < -0.39 is 0 Å². The van der Waals surface area contributed by atoms with E-state index in [1.54, 1.807) is 6.20 Å². The largest absolute Gasteiger partial charge is 0.494 e. The van der Waals surface area contributed by atoms with E-state index >= 15 is 0 Å². The number of rotatable bonds is 6. The average Bonchev–Trinajstić information content (AvgIpc) is 3.17. The molecule has 1 aromatic carbocycles. The maximum absolute atomic E-state index is 5.79. The van der Waals surface area contributed by atoms with Crippen LogP contribution in [0.1, 0.15) is 38.5 Å². The van der Waals surface area contributed by atoms with Crippen LogP contribution in [0.5, 0.6) is 5.75 Å². The molecule has 0 N–H and O–H groups in total. The number of aromatic nitrogens is 1. The Labute approximate surface area is 119 Å². The van der Waals surface area contributed by atoms with E-state index in [2.05, 4.69) is 5.16 Å². The first kappa shape index (κ1) is 13.2. The van der Waals surface area contributed by atoms with Gasteiger partial charge in [-0.15, -0.1) is 0 Å². The van der Waals surface area contributed by atoms with Crippen molar-refractivity contribution < 1.29 is 9.26 Å². The molecule has 0 amide bonds. The molecule has 3 nitrogen and oxygen atoms in total. The van der Waals surface area contributed by atoms with Crippen LogP contribution in [0.15, 0.2) is 41.1 Å². The topological polar surface area (TPSA) is 35.3 Å². The van der Waals surface area contributed by atoms with Crippen LogP contribution in [-0.4, -0.2) is 11.8 Å². The molecule has 0 aliphatic heterocycles. The second-order valence-corrected chi connectivity index (χ2v) is 5.54. The smallest absolute Gasteiger partial charge is 0.166 e. The first-order valence-electron chi connectivity index (χ1n) is 7.56. The molecule has 1 heterocycles. The highest BCUT2D eigenvalue weighted by atomic mass is 16.5. The van der Waals surface area contributed by atoms with Gasteiger partial charge in [0.15, 0.2) is 5.76 Å². The second kappa shape index (κ2) is 6.60. The van der Waals surface area contributed by atoms with Gasteiger partial charge in [-0.25, -0.2) is 0 Å². The molecule has 20 heavy (non-hydrogen) atoms. The first-order valence-corrected chi connectivity index (χ1v) is 7.56. The van der Waals surface area contributed by atoms with Gasteiger partial charge in [-0.2, -0.15) is 0 Å². The summed E-state index contributed by atoms with van der Waals surface area (Å²) in [7, 11) is 0. The molecule has 0 radical (unpaired) electrons. The number of ether oxygens (including phenoxy) is 1. The molecule has 3 rings (SSSR count). The highest BCUT2D eigenvalue weighted by molar-refractivity contribution is 5.57. The third-order valence-corrected chi connectivity index (χ3v) is 4.08. The molecule has 1 saturated carbocycles. The van der Waals surface area contributed by atoms with Gasteiger partial charge in [0.2, 0.25) is 0 Å². The van der Waals surface area contributed by atoms with Gasteiger partial charge in [0.25, 0.3) is 0 Å². The minimum absolute atomic E-state index is 0.790. The van der Waals surface area contributed by atoms with Crippen molar-refractivity contribution in [2.75, 3.05) is 6.61 Å². The van der Waals surface area contributed by atoms with Crippen LogP contribution < -0.4 is 4.74 Å². The van der Waals surface area contributed by atoms with E-state index in [1.165, 1.54) is 32.1 Å². The van der Waals surface area contributed by atoms with E-state index in [-0.39, 0.29) is 0 Å². The monoisotopic (exact) mass is 271 g/mol. The summed E-state index contributed by atoms with van der Waals surface area (Å²) in [5, 5.41) is 3.71. The Kier molecular flexibility index (Phi) is 4.36. The molecule has 2 aromatic rings. The van der Waals surface area contributed by atoms with Crippen molar-refractivity contribution in [1.82, 2.24) is 5.16 Å². The van der Waals surface area contributed by atoms with Crippen molar-refractivity contribution in [1.29, 1.82) is 0 Å². The molecule has 1 aliphatic rings. The van der Waals surface area contributed by atoms with E-state index in [0.29, 0.717) is 0 Å². The van der Waals surface area contributed by atoms with Gasteiger partial charge in [-0.3, -0.25) is 0 Å². The zero-order chi connectivity index (χ0) is 13.6. The fourth-order valence-corrected chi connectivity index (χ4v) is 2.94. The quantitative estimate of drug-likeness (QED) is 0.715.